The Bertz CT molecular complexity index is 90.3. The minimum absolute atomic E-state index is 0. The van der Waals surface area contributed by atoms with Crippen LogP contribution in [-0.2, 0) is 0 Å². The van der Waals surface area contributed by atoms with E-state index in [0.717, 1.165) is 0 Å². The summed E-state index contributed by atoms with van der Waals surface area (Å²) in [4.78, 5) is 0. The molecule has 0 bridgehead atoms. The van der Waals surface area contributed by atoms with Crippen LogP contribution in [0, 0.1) is 0 Å². The van der Waals surface area contributed by atoms with Crippen molar-refractivity contribution in [1.82, 2.24) is 0 Å². The van der Waals surface area contributed by atoms with Crippen molar-refractivity contribution in [2.45, 2.75) is 18.8 Å². The van der Waals surface area contributed by atoms with Crippen molar-refractivity contribution in [1.29, 1.82) is 0 Å². The molecule has 0 amide bonds. The van der Waals surface area contributed by atoms with Gasteiger partial charge in [0.2, 0.25) is 0 Å². The first kappa shape index (κ1) is 19.4. The maximum atomic E-state index is 11.2. The summed E-state index contributed by atoms with van der Waals surface area (Å²) in [5.74, 6) is 0. The van der Waals surface area contributed by atoms with Gasteiger partial charge in [-0.3, -0.25) is 0 Å². The van der Waals surface area contributed by atoms with Gasteiger partial charge in [-0.05, 0) is 0 Å². The standard InChI is InChI=1S/C3H2F6.2K.2H/c4-1(2(5)6)3(7,8)9;;;;/h1-2H;;;;. The van der Waals surface area contributed by atoms with E-state index in [1.165, 1.54) is 0 Å². The minimum atomic E-state index is -5.44. The molecule has 0 spiro atoms. The fraction of sp³-hybridized carbons (Fsp3) is 1.00. The van der Waals surface area contributed by atoms with Gasteiger partial charge in [0.05, 0.1) is 0 Å². The second-order valence-electron chi connectivity index (χ2n) is 1.28. The zero-order valence-corrected chi connectivity index (χ0v) is 3.92. The maximum absolute atomic E-state index is 11.2. The monoisotopic (exact) mass is 232 g/mol. The zero-order valence-electron chi connectivity index (χ0n) is 3.92. The summed E-state index contributed by atoms with van der Waals surface area (Å²) in [5, 5.41) is 0. The van der Waals surface area contributed by atoms with E-state index in [0.29, 0.717) is 0 Å². The van der Waals surface area contributed by atoms with Crippen LogP contribution in [0.15, 0.2) is 0 Å². The number of rotatable bonds is 1. The molecule has 0 saturated carbocycles. The molecule has 0 aromatic carbocycles. The van der Waals surface area contributed by atoms with Gasteiger partial charge in [-0.2, -0.15) is 13.2 Å². The molecule has 1 unspecified atom stereocenters. The number of hydrogen-bond donors (Lipinski definition) is 0. The average Bonchev–Trinajstić information content (AvgIpc) is 1.62. The molecule has 8 heteroatoms. The molecule has 60 valence electrons. The Labute approximate surface area is 144 Å². The predicted octanol–water partition coefficient (Wildman–Crippen LogP) is 0.855. The molecule has 11 heavy (non-hydrogen) atoms. The van der Waals surface area contributed by atoms with E-state index >= 15 is 0 Å². The fourth-order valence-electron chi connectivity index (χ4n) is 0.143. The SMILES string of the molecule is FC(F)C(F)C(F)(F)F.[KH].[KH]. The first-order chi connectivity index (χ1) is 3.85. The fourth-order valence-corrected chi connectivity index (χ4v) is 0.143. The van der Waals surface area contributed by atoms with Gasteiger partial charge in [-0.25, -0.2) is 13.2 Å². The van der Waals surface area contributed by atoms with Crippen molar-refractivity contribution in [3.63, 3.8) is 0 Å². The summed E-state index contributed by atoms with van der Waals surface area (Å²) in [6.45, 7) is 0. The third-order valence-corrected chi connectivity index (χ3v) is 0.534. The van der Waals surface area contributed by atoms with Gasteiger partial charge in [-0.1, -0.05) is 0 Å². The van der Waals surface area contributed by atoms with Crippen LogP contribution in [0.3, 0.4) is 0 Å². The molecule has 0 aromatic heterocycles. The van der Waals surface area contributed by atoms with E-state index in [1.54, 1.807) is 0 Å². The summed E-state index contributed by atoms with van der Waals surface area (Å²) in [6.07, 6.45) is -13.4. The van der Waals surface area contributed by atoms with Crippen LogP contribution < -0.4 is 0 Å². The van der Waals surface area contributed by atoms with E-state index in [2.05, 4.69) is 0 Å². The van der Waals surface area contributed by atoms with E-state index in [1.807, 2.05) is 0 Å². The van der Waals surface area contributed by atoms with Crippen molar-refractivity contribution >= 4 is 103 Å². The Balaban J connectivity index is -0.000000320. The van der Waals surface area contributed by atoms with Crippen molar-refractivity contribution in [3.8, 4) is 0 Å². The number of halogens is 6. The summed E-state index contributed by atoms with van der Waals surface area (Å²) in [5.41, 5.74) is 0. The van der Waals surface area contributed by atoms with Crippen LogP contribution in [-0.4, -0.2) is 122 Å². The molecular formula is C3H4F6K2. The van der Waals surface area contributed by atoms with E-state index < -0.39 is 18.8 Å². The third-order valence-electron chi connectivity index (χ3n) is 0.534. The molecule has 0 radical (unpaired) electrons. The predicted molar refractivity (Wildman–Crippen MR) is 31.3 cm³/mol. The molecule has 1 atom stereocenters. The van der Waals surface area contributed by atoms with Crippen LogP contribution in [0.1, 0.15) is 0 Å². The van der Waals surface area contributed by atoms with Gasteiger partial charge in [0.25, 0.3) is 12.6 Å². The zero-order chi connectivity index (χ0) is 7.65. The van der Waals surface area contributed by atoms with Crippen LogP contribution in [0.5, 0.6) is 0 Å². The molecule has 0 aliphatic rings. The molecule has 0 aliphatic carbocycles. The van der Waals surface area contributed by atoms with Crippen molar-refractivity contribution in [2.24, 2.45) is 0 Å². The summed E-state index contributed by atoms with van der Waals surface area (Å²) in [7, 11) is 0. The third kappa shape index (κ3) is 9.16. The van der Waals surface area contributed by atoms with Crippen molar-refractivity contribution in [3.05, 3.63) is 0 Å². The average molecular weight is 232 g/mol. The molecule has 0 saturated heterocycles. The molecular weight excluding hydrogens is 228 g/mol. The Morgan fingerprint density at radius 1 is 0.818 bits per heavy atom. The molecule has 0 fully saturated rings. The van der Waals surface area contributed by atoms with Crippen LogP contribution in [0.2, 0.25) is 0 Å². The first-order valence-corrected chi connectivity index (χ1v) is 1.84. The van der Waals surface area contributed by atoms with E-state index in [9.17, 15) is 26.3 Å². The molecule has 0 heterocycles. The van der Waals surface area contributed by atoms with Gasteiger partial charge in [0.1, 0.15) is 0 Å². The van der Waals surface area contributed by atoms with Crippen LogP contribution in [0.4, 0.5) is 26.3 Å². The Hall–Kier alpha value is 2.85. The van der Waals surface area contributed by atoms with Crippen LogP contribution >= 0.6 is 0 Å². The van der Waals surface area contributed by atoms with Gasteiger partial charge in [-0.15, -0.1) is 0 Å². The summed E-state index contributed by atoms with van der Waals surface area (Å²) in [6, 6.07) is 0. The normalized spacial score (nSPS) is 13.4. The Morgan fingerprint density at radius 2 is 1.09 bits per heavy atom. The van der Waals surface area contributed by atoms with Crippen LogP contribution in [0.25, 0.3) is 0 Å². The van der Waals surface area contributed by atoms with Crippen molar-refractivity contribution in [2.75, 3.05) is 0 Å². The van der Waals surface area contributed by atoms with Gasteiger partial charge in [0.15, 0.2) is 0 Å². The number of hydrogen-bond acceptors (Lipinski definition) is 0. The molecule has 0 aromatic rings. The van der Waals surface area contributed by atoms with E-state index in [-0.39, 0.29) is 103 Å². The topological polar surface area (TPSA) is 0 Å². The van der Waals surface area contributed by atoms with Gasteiger partial charge < -0.3 is 0 Å². The summed E-state index contributed by atoms with van der Waals surface area (Å²) < 4.78 is 65.4. The van der Waals surface area contributed by atoms with Crippen molar-refractivity contribution < 1.29 is 26.3 Å². The molecule has 0 nitrogen and oxygen atoms in total. The molecule has 0 N–H and O–H groups in total. The Morgan fingerprint density at radius 3 is 1.09 bits per heavy atom. The second-order valence-corrected chi connectivity index (χ2v) is 1.28. The van der Waals surface area contributed by atoms with Gasteiger partial charge >= 0.3 is 109 Å². The molecule has 0 aliphatic heterocycles. The Kier molecular flexibility index (Phi) is 14.5. The first-order valence-electron chi connectivity index (χ1n) is 1.84. The van der Waals surface area contributed by atoms with E-state index in [4.69, 9.17) is 0 Å². The molecule has 0 rings (SSSR count). The number of alkyl halides is 6. The summed E-state index contributed by atoms with van der Waals surface area (Å²) >= 11 is 0. The second kappa shape index (κ2) is 8.19. The quantitative estimate of drug-likeness (QED) is 0.464. The van der Waals surface area contributed by atoms with Gasteiger partial charge in [0, 0.05) is 0 Å².